The number of nitrogens with zero attached hydrogens (tertiary/aromatic N) is 5. The number of rotatable bonds is 9. The number of halogens is 1. The lowest BCUT2D eigenvalue weighted by molar-refractivity contribution is 0.0904. The molecule has 0 aliphatic carbocycles. The normalized spacial score (nSPS) is 16.6. The standard InChI is InChI=1S/C22H27ClN8O3/c1-33-9-2-6-31-7-3-15(4-8-31)26-22(32)17-11-18(23)19(16-5-10-34-20(16)17)25-13-14(12-24)21-27-29-30-28-21/h11,13,15,25H,2-10H2,1H3,(H,26,32)(H,27,28,29,30). The summed E-state index contributed by atoms with van der Waals surface area (Å²) >= 11 is 6.55. The molecule has 12 heteroatoms. The maximum Gasteiger partial charge on any atom is 0.255 e. The molecule has 1 amide bonds. The Balaban J connectivity index is 1.44. The smallest absolute Gasteiger partial charge is 0.255 e. The summed E-state index contributed by atoms with van der Waals surface area (Å²) in [5.41, 5.74) is 2.00. The molecule has 34 heavy (non-hydrogen) atoms. The molecule has 2 aromatic rings. The van der Waals surface area contributed by atoms with Crippen LogP contribution in [0.4, 0.5) is 5.69 Å². The summed E-state index contributed by atoms with van der Waals surface area (Å²) in [6.45, 7) is 4.11. The number of carbonyl (C=O) groups is 1. The van der Waals surface area contributed by atoms with Gasteiger partial charge in [0, 0.05) is 57.6 Å². The van der Waals surface area contributed by atoms with Crippen LogP contribution in [0.1, 0.15) is 41.0 Å². The van der Waals surface area contributed by atoms with E-state index in [1.165, 1.54) is 6.20 Å². The quantitative estimate of drug-likeness (QED) is 0.358. The summed E-state index contributed by atoms with van der Waals surface area (Å²) in [4.78, 5) is 15.5. The molecule has 2 aliphatic rings. The van der Waals surface area contributed by atoms with Gasteiger partial charge in [0.25, 0.3) is 5.91 Å². The molecule has 0 radical (unpaired) electrons. The highest BCUT2D eigenvalue weighted by Gasteiger charge is 2.28. The van der Waals surface area contributed by atoms with Crippen LogP contribution in [0.15, 0.2) is 12.3 Å². The highest BCUT2D eigenvalue weighted by molar-refractivity contribution is 6.34. The zero-order valence-electron chi connectivity index (χ0n) is 18.9. The number of benzene rings is 1. The van der Waals surface area contributed by atoms with Gasteiger partial charge < -0.3 is 25.0 Å². The van der Waals surface area contributed by atoms with Crippen LogP contribution in [0.25, 0.3) is 5.57 Å². The SMILES string of the molecule is COCCCN1CCC(NC(=O)c2cc(Cl)c(NC=C(C#N)c3nn[nH]n3)c3c2OCC3)CC1. The third-order valence-corrected chi connectivity index (χ3v) is 6.28. The van der Waals surface area contributed by atoms with Gasteiger partial charge in [0.15, 0.2) is 0 Å². The molecule has 3 heterocycles. The fraction of sp³-hybridized carbons (Fsp3) is 0.500. The minimum Gasteiger partial charge on any atom is -0.492 e. The number of aromatic amines is 1. The molecule has 0 spiro atoms. The van der Waals surface area contributed by atoms with Crippen LogP contribution >= 0.6 is 11.6 Å². The van der Waals surface area contributed by atoms with E-state index in [0.717, 1.165) is 51.1 Å². The van der Waals surface area contributed by atoms with Gasteiger partial charge in [-0.25, -0.2) is 0 Å². The third-order valence-electron chi connectivity index (χ3n) is 5.99. The van der Waals surface area contributed by atoms with Gasteiger partial charge in [-0.05, 0) is 30.5 Å². The first-order valence-corrected chi connectivity index (χ1v) is 11.6. The number of amides is 1. The van der Waals surface area contributed by atoms with Gasteiger partial charge in [-0.2, -0.15) is 10.5 Å². The van der Waals surface area contributed by atoms with E-state index in [1.54, 1.807) is 13.2 Å². The van der Waals surface area contributed by atoms with E-state index in [1.807, 2.05) is 6.07 Å². The van der Waals surface area contributed by atoms with Crippen molar-refractivity contribution in [2.45, 2.75) is 31.7 Å². The monoisotopic (exact) mass is 486 g/mol. The van der Waals surface area contributed by atoms with Crippen LogP contribution in [0.3, 0.4) is 0 Å². The number of carbonyl (C=O) groups excluding carboxylic acids is 1. The topological polar surface area (TPSA) is 141 Å². The van der Waals surface area contributed by atoms with Crippen molar-refractivity contribution in [2.75, 3.05) is 45.3 Å². The van der Waals surface area contributed by atoms with Crippen LogP contribution in [0.2, 0.25) is 5.02 Å². The first-order chi connectivity index (χ1) is 16.6. The number of aromatic nitrogens is 4. The van der Waals surface area contributed by atoms with Crippen molar-refractivity contribution in [3.05, 3.63) is 34.2 Å². The summed E-state index contributed by atoms with van der Waals surface area (Å²) < 4.78 is 10.9. The largest absolute Gasteiger partial charge is 0.492 e. The van der Waals surface area contributed by atoms with Gasteiger partial charge in [-0.3, -0.25) is 4.79 Å². The maximum absolute atomic E-state index is 13.1. The lowest BCUT2D eigenvalue weighted by Gasteiger charge is -2.32. The molecule has 11 nitrogen and oxygen atoms in total. The van der Waals surface area contributed by atoms with E-state index in [-0.39, 0.29) is 23.3 Å². The minimum absolute atomic E-state index is 0.107. The number of allylic oxidation sites excluding steroid dienone is 1. The predicted molar refractivity (Wildman–Crippen MR) is 125 cm³/mol. The van der Waals surface area contributed by atoms with E-state index in [9.17, 15) is 10.1 Å². The van der Waals surface area contributed by atoms with Crippen LogP contribution in [-0.4, -0.2) is 77.4 Å². The number of nitriles is 1. The van der Waals surface area contributed by atoms with Crippen molar-refractivity contribution in [3.63, 3.8) is 0 Å². The van der Waals surface area contributed by atoms with Crippen molar-refractivity contribution in [1.82, 2.24) is 30.8 Å². The molecule has 2 aliphatic heterocycles. The lowest BCUT2D eigenvalue weighted by atomic mass is 10.0. The Morgan fingerprint density at radius 2 is 2.29 bits per heavy atom. The van der Waals surface area contributed by atoms with E-state index in [4.69, 9.17) is 21.1 Å². The summed E-state index contributed by atoms with van der Waals surface area (Å²) in [7, 11) is 1.72. The molecule has 1 fully saturated rings. The molecular weight excluding hydrogens is 460 g/mol. The molecule has 1 aromatic heterocycles. The summed E-state index contributed by atoms with van der Waals surface area (Å²) in [6.07, 6.45) is 4.86. The molecule has 3 N–H and O–H groups in total. The Morgan fingerprint density at radius 1 is 1.47 bits per heavy atom. The van der Waals surface area contributed by atoms with Crippen molar-refractivity contribution in [1.29, 1.82) is 5.26 Å². The Morgan fingerprint density at radius 3 is 3.00 bits per heavy atom. The molecule has 1 aromatic carbocycles. The maximum atomic E-state index is 13.1. The van der Waals surface area contributed by atoms with E-state index < -0.39 is 0 Å². The number of anilines is 1. The lowest BCUT2D eigenvalue weighted by Crippen LogP contribution is -2.45. The number of ether oxygens (including phenoxy) is 2. The number of likely N-dealkylation sites (tertiary alicyclic amines) is 1. The number of methoxy groups -OCH3 is 1. The Labute approximate surface area is 202 Å². The van der Waals surface area contributed by atoms with Gasteiger partial charge in [0.05, 0.1) is 22.9 Å². The van der Waals surface area contributed by atoms with Crippen molar-refractivity contribution in [3.8, 4) is 11.8 Å². The minimum atomic E-state index is -0.190. The first-order valence-electron chi connectivity index (χ1n) is 11.2. The fourth-order valence-corrected chi connectivity index (χ4v) is 4.51. The second kappa shape index (κ2) is 11.3. The molecule has 0 unspecified atom stereocenters. The number of tetrazole rings is 1. The summed E-state index contributed by atoms with van der Waals surface area (Å²) in [5.74, 6) is 0.497. The zero-order valence-corrected chi connectivity index (χ0v) is 19.7. The molecule has 0 saturated carbocycles. The number of H-pyrrole nitrogens is 1. The van der Waals surface area contributed by atoms with Gasteiger partial charge in [-0.1, -0.05) is 11.6 Å². The van der Waals surface area contributed by atoms with E-state index in [0.29, 0.717) is 35.1 Å². The average Bonchev–Trinajstić information content (AvgIpc) is 3.54. The highest BCUT2D eigenvalue weighted by atomic mass is 35.5. The van der Waals surface area contributed by atoms with Gasteiger partial charge in [0.2, 0.25) is 5.82 Å². The molecule has 4 rings (SSSR count). The van der Waals surface area contributed by atoms with Crippen LogP contribution in [-0.2, 0) is 11.2 Å². The van der Waals surface area contributed by atoms with Crippen LogP contribution in [0, 0.1) is 11.3 Å². The van der Waals surface area contributed by atoms with E-state index >= 15 is 0 Å². The zero-order chi connectivity index (χ0) is 23.9. The van der Waals surface area contributed by atoms with Crippen LogP contribution < -0.4 is 15.4 Å². The summed E-state index contributed by atoms with van der Waals surface area (Å²) in [5, 5.41) is 29.4. The highest BCUT2D eigenvalue weighted by Crippen LogP contribution is 2.40. The number of hydrogen-bond acceptors (Lipinski definition) is 9. The Kier molecular flexibility index (Phi) is 7.95. The number of piperidine rings is 1. The molecule has 1 saturated heterocycles. The van der Waals surface area contributed by atoms with Gasteiger partial charge >= 0.3 is 0 Å². The van der Waals surface area contributed by atoms with Gasteiger partial charge in [0.1, 0.15) is 17.4 Å². The Hall–Kier alpha value is -3.20. The second-order valence-electron chi connectivity index (χ2n) is 8.17. The first kappa shape index (κ1) is 23.9. The molecule has 180 valence electrons. The molecule has 0 bridgehead atoms. The predicted octanol–water partition coefficient (Wildman–Crippen LogP) is 2.00. The third kappa shape index (κ3) is 5.47. The number of hydrogen-bond donors (Lipinski definition) is 3. The van der Waals surface area contributed by atoms with Gasteiger partial charge in [-0.15, -0.1) is 10.2 Å². The molecule has 0 atom stereocenters. The van der Waals surface area contributed by atoms with Crippen molar-refractivity contribution >= 4 is 28.8 Å². The van der Waals surface area contributed by atoms with Crippen molar-refractivity contribution < 1.29 is 14.3 Å². The summed E-state index contributed by atoms with van der Waals surface area (Å²) in [6, 6.07) is 3.74. The van der Waals surface area contributed by atoms with E-state index in [2.05, 4.69) is 36.2 Å². The fourth-order valence-electron chi connectivity index (χ4n) is 4.23. The second-order valence-corrected chi connectivity index (χ2v) is 8.58. The average molecular weight is 487 g/mol. The number of fused-ring (bicyclic) bond motifs is 1. The number of nitrogens with one attached hydrogen (secondary N) is 3. The Bertz CT molecular complexity index is 1070. The van der Waals surface area contributed by atoms with Crippen LogP contribution in [0.5, 0.6) is 5.75 Å². The van der Waals surface area contributed by atoms with Crippen molar-refractivity contribution in [2.24, 2.45) is 0 Å². The molecular formula is C22H27ClN8O3.